The molecule has 0 radical (unpaired) electrons. The molecule has 2 aromatic rings. The molecule has 160 valence electrons. The lowest BCUT2D eigenvalue weighted by atomic mass is 9.94. The molecule has 2 amide bonds. The lowest BCUT2D eigenvalue weighted by molar-refractivity contribution is -0.140. The first-order chi connectivity index (χ1) is 14.6. The first-order valence-electron chi connectivity index (χ1n) is 10.5. The topological polar surface area (TPSA) is 58.6 Å². The Morgan fingerprint density at radius 1 is 1.07 bits per heavy atom. The van der Waals surface area contributed by atoms with Crippen LogP contribution in [0.2, 0.25) is 0 Å². The number of hydrogen-bond acceptors (Lipinski definition) is 3. The van der Waals surface area contributed by atoms with Gasteiger partial charge in [-0.1, -0.05) is 61.7 Å². The van der Waals surface area contributed by atoms with Crippen LogP contribution in [0.25, 0.3) is 0 Å². The van der Waals surface area contributed by atoms with Gasteiger partial charge in [-0.15, -0.1) is 11.6 Å². The minimum Gasteiger partial charge on any atom is -0.497 e. The van der Waals surface area contributed by atoms with Crippen LogP contribution in [0.5, 0.6) is 5.75 Å². The minimum atomic E-state index is -0.760. The van der Waals surface area contributed by atoms with E-state index in [1.165, 1.54) is 6.42 Å². The van der Waals surface area contributed by atoms with Gasteiger partial charge in [-0.05, 0) is 36.1 Å². The third-order valence-electron chi connectivity index (χ3n) is 5.57. The molecule has 1 saturated carbocycles. The van der Waals surface area contributed by atoms with Crippen LogP contribution < -0.4 is 10.1 Å². The highest BCUT2D eigenvalue weighted by molar-refractivity contribution is 6.27. The van der Waals surface area contributed by atoms with Gasteiger partial charge >= 0.3 is 0 Å². The summed E-state index contributed by atoms with van der Waals surface area (Å²) in [5.41, 5.74) is 1.68. The van der Waals surface area contributed by atoms with Gasteiger partial charge in [0.05, 0.1) is 7.11 Å². The Bertz CT molecular complexity index is 820. The predicted octanol–water partition coefficient (Wildman–Crippen LogP) is 4.45. The Labute approximate surface area is 183 Å². The Balaban J connectivity index is 1.92. The van der Waals surface area contributed by atoms with E-state index in [0.29, 0.717) is 12.3 Å². The molecule has 5 nitrogen and oxygen atoms in total. The number of nitrogens with one attached hydrogen (secondary N) is 1. The van der Waals surface area contributed by atoms with E-state index in [0.717, 1.165) is 36.8 Å². The molecule has 30 heavy (non-hydrogen) atoms. The summed E-state index contributed by atoms with van der Waals surface area (Å²) in [4.78, 5) is 27.9. The van der Waals surface area contributed by atoms with Crippen molar-refractivity contribution in [2.24, 2.45) is 0 Å². The van der Waals surface area contributed by atoms with Gasteiger partial charge in [0.25, 0.3) is 0 Å². The smallest absolute Gasteiger partial charge is 0.247 e. The zero-order chi connectivity index (χ0) is 21.3. The summed E-state index contributed by atoms with van der Waals surface area (Å²) in [7, 11) is 1.60. The standard InChI is InChI=1S/C24H29ClN2O3/c1-30-21-14-12-19(13-15-21)23(24(29)26-20-10-6-3-7-11-20)27(22(28)16-25)17-18-8-4-2-5-9-18/h2,4-5,8-9,12-15,20,23H,3,6-7,10-11,16-17H2,1H3,(H,26,29)/t23-/m0/s1. The van der Waals surface area contributed by atoms with Gasteiger partial charge < -0.3 is 15.0 Å². The number of ether oxygens (including phenoxy) is 1. The zero-order valence-electron chi connectivity index (χ0n) is 17.4. The van der Waals surface area contributed by atoms with Crippen molar-refractivity contribution in [1.82, 2.24) is 10.2 Å². The van der Waals surface area contributed by atoms with E-state index >= 15 is 0 Å². The van der Waals surface area contributed by atoms with E-state index in [1.807, 2.05) is 54.6 Å². The average Bonchev–Trinajstić information content (AvgIpc) is 2.80. The van der Waals surface area contributed by atoms with Crippen molar-refractivity contribution in [1.29, 1.82) is 0 Å². The number of nitrogens with zero attached hydrogens (tertiary/aromatic N) is 1. The van der Waals surface area contributed by atoms with Crippen molar-refractivity contribution in [3.63, 3.8) is 0 Å². The number of methoxy groups -OCH3 is 1. The maximum atomic E-state index is 13.4. The summed E-state index contributed by atoms with van der Waals surface area (Å²) in [5.74, 6) is 0.0704. The van der Waals surface area contributed by atoms with Crippen LogP contribution in [0.1, 0.15) is 49.3 Å². The Hall–Kier alpha value is -2.53. The molecule has 1 N–H and O–H groups in total. The van der Waals surface area contributed by atoms with Gasteiger partial charge in [-0.2, -0.15) is 0 Å². The Morgan fingerprint density at radius 2 is 1.73 bits per heavy atom. The minimum absolute atomic E-state index is 0.150. The molecule has 2 aromatic carbocycles. The van der Waals surface area contributed by atoms with Gasteiger partial charge in [-0.3, -0.25) is 9.59 Å². The first-order valence-corrected chi connectivity index (χ1v) is 11.0. The van der Waals surface area contributed by atoms with Gasteiger partial charge in [0.15, 0.2) is 0 Å². The van der Waals surface area contributed by atoms with Crippen LogP contribution in [0.3, 0.4) is 0 Å². The molecule has 0 aliphatic heterocycles. The maximum absolute atomic E-state index is 13.4. The number of alkyl halides is 1. The van der Waals surface area contributed by atoms with E-state index in [2.05, 4.69) is 5.32 Å². The monoisotopic (exact) mass is 428 g/mol. The van der Waals surface area contributed by atoms with Crippen molar-refractivity contribution in [2.75, 3.05) is 13.0 Å². The Morgan fingerprint density at radius 3 is 2.33 bits per heavy atom. The summed E-state index contributed by atoms with van der Waals surface area (Å²) in [5, 5.41) is 3.18. The van der Waals surface area contributed by atoms with E-state index in [4.69, 9.17) is 16.3 Å². The fourth-order valence-corrected chi connectivity index (χ4v) is 4.12. The molecule has 3 rings (SSSR count). The number of benzene rings is 2. The van der Waals surface area contributed by atoms with Gasteiger partial charge in [-0.25, -0.2) is 0 Å². The van der Waals surface area contributed by atoms with Crippen LogP contribution in [0.4, 0.5) is 0 Å². The highest BCUT2D eigenvalue weighted by Gasteiger charge is 2.32. The second-order valence-electron chi connectivity index (χ2n) is 7.66. The summed E-state index contributed by atoms with van der Waals surface area (Å²) < 4.78 is 5.25. The van der Waals surface area contributed by atoms with Gasteiger partial charge in [0.2, 0.25) is 11.8 Å². The van der Waals surface area contributed by atoms with Crippen molar-refractivity contribution >= 4 is 23.4 Å². The first kappa shape index (κ1) is 22.2. The molecule has 0 heterocycles. The largest absolute Gasteiger partial charge is 0.497 e. The number of carbonyl (C=O) groups is 2. The van der Waals surface area contributed by atoms with Gasteiger partial charge in [0.1, 0.15) is 17.7 Å². The third-order valence-corrected chi connectivity index (χ3v) is 5.80. The molecule has 1 atom stereocenters. The molecule has 0 unspecified atom stereocenters. The van der Waals surface area contributed by atoms with Crippen LogP contribution in [-0.2, 0) is 16.1 Å². The number of carbonyl (C=O) groups excluding carboxylic acids is 2. The quantitative estimate of drug-likeness (QED) is 0.632. The fraction of sp³-hybridized carbons (Fsp3) is 0.417. The van der Waals surface area contributed by atoms with Crippen molar-refractivity contribution < 1.29 is 14.3 Å². The van der Waals surface area contributed by atoms with E-state index in [9.17, 15) is 9.59 Å². The highest BCUT2D eigenvalue weighted by Crippen LogP contribution is 2.27. The second-order valence-corrected chi connectivity index (χ2v) is 7.93. The SMILES string of the molecule is COc1ccc([C@@H](C(=O)NC2CCCCC2)N(Cc2ccccc2)C(=O)CCl)cc1. The number of halogens is 1. The number of rotatable bonds is 8. The van der Waals surface area contributed by atoms with Crippen molar-refractivity contribution in [3.8, 4) is 5.75 Å². The summed E-state index contributed by atoms with van der Waals surface area (Å²) >= 11 is 5.95. The molecular weight excluding hydrogens is 400 g/mol. The molecule has 6 heteroatoms. The van der Waals surface area contributed by atoms with Crippen molar-refractivity contribution in [3.05, 3.63) is 65.7 Å². The maximum Gasteiger partial charge on any atom is 0.247 e. The lowest BCUT2D eigenvalue weighted by Crippen LogP contribution is -2.47. The lowest BCUT2D eigenvalue weighted by Gasteiger charge is -2.33. The summed E-state index contributed by atoms with van der Waals surface area (Å²) in [6.45, 7) is 0.307. The van der Waals surface area contributed by atoms with E-state index < -0.39 is 6.04 Å². The number of hydrogen-bond donors (Lipinski definition) is 1. The molecule has 0 saturated heterocycles. The summed E-state index contributed by atoms with van der Waals surface area (Å²) in [6, 6.07) is 16.3. The fourth-order valence-electron chi connectivity index (χ4n) is 3.97. The normalized spacial score (nSPS) is 15.3. The highest BCUT2D eigenvalue weighted by atomic mass is 35.5. The average molecular weight is 429 g/mol. The van der Waals surface area contributed by atoms with Crippen molar-refractivity contribution in [2.45, 2.75) is 50.7 Å². The third kappa shape index (κ3) is 5.76. The summed E-state index contributed by atoms with van der Waals surface area (Å²) in [6.07, 6.45) is 5.39. The molecule has 1 aliphatic carbocycles. The predicted molar refractivity (Wildman–Crippen MR) is 118 cm³/mol. The van der Waals surface area contributed by atoms with Crippen LogP contribution >= 0.6 is 11.6 Å². The van der Waals surface area contributed by atoms with Gasteiger partial charge in [0, 0.05) is 12.6 Å². The van der Waals surface area contributed by atoms with E-state index in [1.54, 1.807) is 12.0 Å². The molecule has 0 spiro atoms. The number of amides is 2. The van der Waals surface area contributed by atoms with Crippen LogP contribution in [-0.4, -0.2) is 35.7 Å². The van der Waals surface area contributed by atoms with E-state index in [-0.39, 0.29) is 23.7 Å². The molecule has 0 bridgehead atoms. The zero-order valence-corrected chi connectivity index (χ0v) is 18.1. The Kier molecular flexibility index (Phi) is 8.14. The second kappa shape index (κ2) is 11.0. The van der Waals surface area contributed by atoms with Crippen LogP contribution in [0.15, 0.2) is 54.6 Å². The van der Waals surface area contributed by atoms with Crippen LogP contribution in [0, 0.1) is 0 Å². The molecule has 1 fully saturated rings. The molecular formula is C24H29ClN2O3. The molecule has 1 aliphatic rings. The molecule has 0 aromatic heterocycles.